The van der Waals surface area contributed by atoms with Gasteiger partial charge in [0.1, 0.15) is 0 Å². The van der Waals surface area contributed by atoms with Gasteiger partial charge in [0, 0.05) is 5.70 Å². The van der Waals surface area contributed by atoms with Gasteiger partial charge in [-0.15, -0.1) is 0 Å². The fourth-order valence-corrected chi connectivity index (χ4v) is 1.26. The number of carboxylic acid groups (broad SMARTS) is 1. The summed E-state index contributed by atoms with van der Waals surface area (Å²) in [6, 6.07) is 0. The van der Waals surface area contributed by atoms with Crippen molar-refractivity contribution >= 4 is 5.97 Å². The number of carboxylic acids is 1. The van der Waals surface area contributed by atoms with Crippen molar-refractivity contribution in [1.29, 1.82) is 0 Å². The van der Waals surface area contributed by atoms with Crippen molar-refractivity contribution in [3.8, 4) is 0 Å². The molecule has 0 bridgehead atoms. The Balaban J connectivity index is 2.44. The van der Waals surface area contributed by atoms with Crippen LogP contribution in [-0.4, -0.2) is 27.6 Å². The van der Waals surface area contributed by atoms with Crippen molar-refractivity contribution < 1.29 is 19.7 Å². The van der Waals surface area contributed by atoms with E-state index in [0.717, 1.165) is 0 Å². The Labute approximate surface area is 67.7 Å². The topological polar surface area (TPSA) is 96.1 Å². The molecule has 64 valence electrons. The Morgan fingerprint density at radius 1 is 1.67 bits per heavy atom. The second kappa shape index (κ2) is 1.70. The molecule has 4 N–H and O–H groups in total. The van der Waals surface area contributed by atoms with Gasteiger partial charge in [0.15, 0.2) is 0 Å². The largest absolute Gasteiger partial charge is 0.479 e. The highest BCUT2D eigenvalue weighted by Gasteiger charge is 2.74. The fourth-order valence-electron chi connectivity index (χ4n) is 1.26. The van der Waals surface area contributed by atoms with Gasteiger partial charge in [-0.05, 0) is 18.2 Å². The van der Waals surface area contributed by atoms with Crippen LogP contribution in [0, 0.1) is 0 Å². The lowest BCUT2D eigenvalue weighted by molar-refractivity contribution is -0.141. The molecule has 0 radical (unpaired) electrons. The smallest absolute Gasteiger partial charge is 0.346 e. The SMILES string of the molecule is NC1=CC2(C(=O)O)OC2(O)C=C1. The predicted molar refractivity (Wildman–Crippen MR) is 37.8 cm³/mol. The molecule has 2 unspecified atom stereocenters. The molecule has 2 atom stereocenters. The average Bonchev–Trinajstić information content (AvgIpc) is 2.57. The van der Waals surface area contributed by atoms with Gasteiger partial charge < -0.3 is 20.7 Å². The van der Waals surface area contributed by atoms with E-state index in [4.69, 9.17) is 15.6 Å². The Morgan fingerprint density at radius 3 is 2.83 bits per heavy atom. The molecule has 0 aromatic heterocycles. The summed E-state index contributed by atoms with van der Waals surface area (Å²) in [5, 5.41) is 18.1. The van der Waals surface area contributed by atoms with Crippen molar-refractivity contribution in [3.05, 3.63) is 23.9 Å². The number of aliphatic carboxylic acids is 1. The highest BCUT2D eigenvalue weighted by molar-refractivity contribution is 5.87. The van der Waals surface area contributed by atoms with E-state index in [9.17, 15) is 9.90 Å². The lowest BCUT2D eigenvalue weighted by atomic mass is 9.96. The molecule has 0 amide bonds. The van der Waals surface area contributed by atoms with Crippen molar-refractivity contribution in [3.63, 3.8) is 0 Å². The molecule has 1 aliphatic heterocycles. The zero-order chi connectivity index (χ0) is 8.98. The quantitative estimate of drug-likeness (QED) is 0.435. The number of epoxide rings is 1. The van der Waals surface area contributed by atoms with Gasteiger partial charge in [-0.25, -0.2) is 4.79 Å². The van der Waals surface area contributed by atoms with E-state index < -0.39 is 17.4 Å². The maximum atomic E-state index is 10.6. The van der Waals surface area contributed by atoms with Crippen LogP contribution >= 0.6 is 0 Å². The van der Waals surface area contributed by atoms with Crippen LogP contribution in [0.15, 0.2) is 23.9 Å². The molecule has 0 aromatic rings. The fraction of sp³-hybridized carbons (Fsp3) is 0.286. The molecule has 0 saturated carbocycles. The number of hydrogen-bond acceptors (Lipinski definition) is 4. The minimum absolute atomic E-state index is 0.277. The number of allylic oxidation sites excluding steroid dienone is 1. The summed E-state index contributed by atoms with van der Waals surface area (Å²) in [6.07, 6.45) is 3.83. The number of aliphatic hydroxyl groups is 1. The lowest BCUT2D eigenvalue weighted by Gasteiger charge is -2.08. The summed E-state index contributed by atoms with van der Waals surface area (Å²) in [7, 11) is 0. The van der Waals surface area contributed by atoms with Gasteiger partial charge in [0.25, 0.3) is 0 Å². The molecule has 5 heteroatoms. The molecule has 0 aromatic carbocycles. The van der Waals surface area contributed by atoms with E-state index in [1.54, 1.807) is 0 Å². The molecule has 1 heterocycles. The van der Waals surface area contributed by atoms with Crippen molar-refractivity contribution in [2.45, 2.75) is 11.4 Å². The van der Waals surface area contributed by atoms with Crippen LogP contribution in [0.4, 0.5) is 0 Å². The average molecular weight is 169 g/mol. The number of carbonyl (C=O) groups is 1. The number of ether oxygens (including phenoxy) is 1. The van der Waals surface area contributed by atoms with Gasteiger partial charge >= 0.3 is 5.97 Å². The third kappa shape index (κ3) is 0.621. The normalized spacial score (nSPS) is 43.2. The van der Waals surface area contributed by atoms with Gasteiger partial charge in [-0.1, -0.05) is 0 Å². The predicted octanol–water partition coefficient (Wildman–Crippen LogP) is -1.06. The van der Waals surface area contributed by atoms with E-state index in [1.807, 2.05) is 0 Å². The number of rotatable bonds is 1. The minimum atomic E-state index is -1.69. The molecule has 2 aliphatic rings. The van der Waals surface area contributed by atoms with Crippen LogP contribution in [-0.2, 0) is 9.53 Å². The lowest BCUT2D eigenvalue weighted by Crippen LogP contribution is -2.33. The van der Waals surface area contributed by atoms with Gasteiger partial charge in [-0.3, -0.25) is 0 Å². The second-order valence-corrected chi connectivity index (χ2v) is 2.82. The Morgan fingerprint density at radius 2 is 2.33 bits per heavy atom. The third-order valence-electron chi connectivity index (χ3n) is 2.00. The minimum Gasteiger partial charge on any atom is -0.479 e. The third-order valence-corrected chi connectivity index (χ3v) is 2.00. The first kappa shape index (κ1) is 7.33. The van der Waals surface area contributed by atoms with Crippen LogP contribution in [0.25, 0.3) is 0 Å². The van der Waals surface area contributed by atoms with Gasteiger partial charge in [0.05, 0.1) is 0 Å². The van der Waals surface area contributed by atoms with Crippen molar-refractivity contribution in [2.24, 2.45) is 5.73 Å². The zero-order valence-corrected chi connectivity index (χ0v) is 6.02. The summed E-state index contributed by atoms with van der Waals surface area (Å²) >= 11 is 0. The summed E-state index contributed by atoms with van der Waals surface area (Å²) in [6.45, 7) is 0. The van der Waals surface area contributed by atoms with Crippen LogP contribution in [0.1, 0.15) is 0 Å². The summed E-state index contributed by atoms with van der Waals surface area (Å²) in [5.74, 6) is -2.93. The standard InChI is InChI=1S/C7H7NO4/c8-4-1-2-7(11)6(3-4,12-7)5(9)10/h1-3,11H,8H2,(H,9,10). The first-order valence-corrected chi connectivity index (χ1v) is 3.34. The van der Waals surface area contributed by atoms with Crippen LogP contribution in [0.3, 0.4) is 0 Å². The summed E-state index contributed by atoms with van der Waals surface area (Å²) in [5.41, 5.74) is 3.98. The molecule has 5 nitrogen and oxygen atoms in total. The Kier molecular flexibility index (Phi) is 1.04. The Hall–Kier alpha value is -1.33. The Bertz CT molecular complexity index is 321. The first-order chi connectivity index (χ1) is 5.50. The molecule has 2 rings (SSSR count). The number of nitrogens with two attached hydrogens (primary N) is 1. The summed E-state index contributed by atoms with van der Waals surface area (Å²) < 4.78 is 4.70. The van der Waals surface area contributed by atoms with Gasteiger partial charge in [0.2, 0.25) is 11.4 Å². The van der Waals surface area contributed by atoms with E-state index in [2.05, 4.69) is 0 Å². The van der Waals surface area contributed by atoms with Gasteiger partial charge in [-0.2, -0.15) is 0 Å². The zero-order valence-electron chi connectivity index (χ0n) is 6.02. The molecule has 1 fully saturated rings. The van der Waals surface area contributed by atoms with Crippen molar-refractivity contribution in [1.82, 2.24) is 0 Å². The molecular formula is C7H7NO4. The molecule has 12 heavy (non-hydrogen) atoms. The second-order valence-electron chi connectivity index (χ2n) is 2.82. The molecule has 1 aliphatic carbocycles. The van der Waals surface area contributed by atoms with E-state index >= 15 is 0 Å². The number of fused-ring (bicyclic) bond motifs is 1. The van der Waals surface area contributed by atoms with Crippen LogP contribution in [0.5, 0.6) is 0 Å². The monoisotopic (exact) mass is 169 g/mol. The molecular weight excluding hydrogens is 162 g/mol. The summed E-state index contributed by atoms with van der Waals surface area (Å²) in [4.78, 5) is 10.6. The first-order valence-electron chi connectivity index (χ1n) is 3.34. The highest BCUT2D eigenvalue weighted by Crippen LogP contribution is 2.50. The van der Waals surface area contributed by atoms with E-state index in [1.165, 1.54) is 18.2 Å². The maximum Gasteiger partial charge on any atom is 0.346 e. The van der Waals surface area contributed by atoms with E-state index in [-0.39, 0.29) is 5.70 Å². The number of hydrogen-bond donors (Lipinski definition) is 3. The van der Waals surface area contributed by atoms with Crippen molar-refractivity contribution in [2.75, 3.05) is 0 Å². The highest BCUT2D eigenvalue weighted by atomic mass is 16.8. The van der Waals surface area contributed by atoms with Crippen LogP contribution < -0.4 is 5.73 Å². The molecule has 0 spiro atoms. The maximum absolute atomic E-state index is 10.6. The van der Waals surface area contributed by atoms with E-state index in [0.29, 0.717) is 0 Å². The van der Waals surface area contributed by atoms with Crippen LogP contribution in [0.2, 0.25) is 0 Å². The molecule has 1 saturated heterocycles.